The molecule has 1 aromatic rings. The molecule has 0 aromatic heterocycles. The normalized spacial score (nSPS) is 18.1. The number of carbonyl (C=O) groups excluding carboxylic acids is 2. The number of allylic oxidation sites excluding steroid dienone is 1. The van der Waals surface area contributed by atoms with Gasteiger partial charge in [-0.25, -0.2) is 0 Å². The lowest BCUT2D eigenvalue weighted by atomic mass is 9.80. The third-order valence-corrected chi connectivity index (χ3v) is 4.96. The Morgan fingerprint density at radius 2 is 2.13 bits per heavy atom. The maximum absolute atomic E-state index is 12.3. The second kappa shape index (κ2) is 7.77. The Morgan fingerprint density at radius 1 is 1.39 bits per heavy atom. The van der Waals surface area contributed by atoms with Crippen LogP contribution in [0, 0.1) is 5.92 Å². The number of carbonyl (C=O) groups is 2. The number of hydrogen-bond acceptors (Lipinski definition) is 4. The molecule has 0 heterocycles. The van der Waals surface area contributed by atoms with Crippen molar-refractivity contribution >= 4 is 27.7 Å². The predicted molar refractivity (Wildman–Crippen MR) is 91.5 cm³/mol. The Hall–Kier alpha value is -1.62. The minimum absolute atomic E-state index is 0.109. The molecule has 0 bridgehead atoms. The molecule has 1 unspecified atom stereocenters. The van der Waals surface area contributed by atoms with Crippen molar-refractivity contribution in [3.8, 4) is 5.75 Å². The maximum atomic E-state index is 12.3. The van der Waals surface area contributed by atoms with Gasteiger partial charge in [-0.15, -0.1) is 0 Å². The van der Waals surface area contributed by atoms with Gasteiger partial charge in [0.15, 0.2) is 5.78 Å². The van der Waals surface area contributed by atoms with Gasteiger partial charge >= 0.3 is 5.97 Å². The molecular weight excluding hydrogens is 360 g/mol. The summed E-state index contributed by atoms with van der Waals surface area (Å²) >= 11 is 3.51. The van der Waals surface area contributed by atoms with Gasteiger partial charge in [-0.3, -0.25) is 9.59 Å². The predicted octanol–water partition coefficient (Wildman–Crippen LogP) is 3.86. The van der Waals surface area contributed by atoms with Gasteiger partial charge in [0.1, 0.15) is 5.75 Å². The monoisotopic (exact) mass is 380 g/mol. The first-order chi connectivity index (χ1) is 11.0. The van der Waals surface area contributed by atoms with E-state index < -0.39 is 0 Å². The molecule has 1 aliphatic rings. The lowest BCUT2D eigenvalue weighted by Crippen LogP contribution is -2.27. The van der Waals surface area contributed by atoms with Crippen molar-refractivity contribution in [3.05, 3.63) is 39.4 Å². The first-order valence-corrected chi connectivity index (χ1v) is 8.49. The Bertz CT molecular complexity index is 648. The number of rotatable bonds is 5. The summed E-state index contributed by atoms with van der Waals surface area (Å²) in [5.41, 5.74) is 2.51. The molecule has 124 valence electrons. The minimum atomic E-state index is -0.313. The highest BCUT2D eigenvalue weighted by Gasteiger charge is 2.31. The van der Waals surface area contributed by atoms with E-state index >= 15 is 0 Å². The fraction of sp³-hybridized carbons (Fsp3) is 0.444. The van der Waals surface area contributed by atoms with Crippen LogP contribution < -0.4 is 4.74 Å². The van der Waals surface area contributed by atoms with Crippen LogP contribution in [0.3, 0.4) is 0 Å². The number of ketones is 1. The van der Waals surface area contributed by atoms with Crippen molar-refractivity contribution in [1.29, 1.82) is 0 Å². The smallest absolute Gasteiger partial charge is 0.313 e. The fourth-order valence-corrected chi connectivity index (χ4v) is 3.24. The third-order valence-electron chi connectivity index (χ3n) is 4.19. The van der Waals surface area contributed by atoms with E-state index in [9.17, 15) is 9.59 Å². The summed E-state index contributed by atoms with van der Waals surface area (Å²) in [5.74, 6) is 0.302. The Balaban J connectivity index is 2.33. The molecule has 0 aliphatic heterocycles. The highest BCUT2D eigenvalue weighted by molar-refractivity contribution is 9.10. The van der Waals surface area contributed by atoms with Crippen molar-refractivity contribution in [1.82, 2.24) is 0 Å². The van der Waals surface area contributed by atoms with Crippen LogP contribution in [0.1, 0.15) is 32.3 Å². The van der Waals surface area contributed by atoms with Crippen LogP contribution in [0.15, 0.2) is 33.8 Å². The summed E-state index contributed by atoms with van der Waals surface area (Å²) in [7, 11) is 1.61. The van der Waals surface area contributed by atoms with E-state index in [-0.39, 0.29) is 17.7 Å². The summed E-state index contributed by atoms with van der Waals surface area (Å²) in [5, 5.41) is 0. The largest absolute Gasteiger partial charge is 0.497 e. The fourth-order valence-electron chi connectivity index (χ4n) is 2.85. The second-order valence-electron chi connectivity index (χ2n) is 5.56. The van der Waals surface area contributed by atoms with Gasteiger partial charge in [0, 0.05) is 17.3 Å². The Labute approximate surface area is 145 Å². The molecule has 0 saturated carbocycles. The molecule has 1 aliphatic carbocycles. The van der Waals surface area contributed by atoms with Crippen molar-refractivity contribution in [3.63, 3.8) is 0 Å². The van der Waals surface area contributed by atoms with Crippen LogP contribution in [-0.4, -0.2) is 25.5 Å². The van der Waals surface area contributed by atoms with Crippen LogP contribution in [0.4, 0.5) is 0 Å². The van der Waals surface area contributed by atoms with E-state index in [0.29, 0.717) is 31.4 Å². The first-order valence-electron chi connectivity index (χ1n) is 7.69. The number of methoxy groups -OCH3 is 1. The zero-order chi connectivity index (χ0) is 17.0. The summed E-state index contributed by atoms with van der Waals surface area (Å²) in [6.07, 6.45) is 1.41. The average Bonchev–Trinajstić information content (AvgIpc) is 2.53. The van der Waals surface area contributed by atoms with Crippen molar-refractivity contribution in [2.75, 3.05) is 13.7 Å². The van der Waals surface area contributed by atoms with E-state index in [1.165, 1.54) is 0 Å². The highest BCUT2D eigenvalue weighted by Crippen LogP contribution is 2.33. The van der Waals surface area contributed by atoms with Gasteiger partial charge in [-0.2, -0.15) is 0 Å². The summed E-state index contributed by atoms with van der Waals surface area (Å²) in [4.78, 5) is 24.4. The third kappa shape index (κ3) is 4.02. The molecule has 5 heteroatoms. The van der Waals surface area contributed by atoms with E-state index in [1.54, 1.807) is 14.0 Å². The number of esters is 1. The number of Topliss-reactive ketones (excluding diaryl/α,β-unsaturated/α-hetero) is 1. The van der Waals surface area contributed by atoms with Gasteiger partial charge in [-0.05, 0) is 49.6 Å². The Morgan fingerprint density at radius 3 is 2.78 bits per heavy atom. The van der Waals surface area contributed by atoms with Gasteiger partial charge in [0.25, 0.3) is 0 Å². The van der Waals surface area contributed by atoms with E-state index in [1.807, 2.05) is 25.1 Å². The molecule has 0 saturated heterocycles. The number of benzene rings is 1. The number of hydrogen-bond donors (Lipinski definition) is 0. The van der Waals surface area contributed by atoms with Gasteiger partial charge in [0.2, 0.25) is 0 Å². The van der Waals surface area contributed by atoms with Crippen LogP contribution in [0.2, 0.25) is 0 Å². The molecule has 2 rings (SSSR count). The van der Waals surface area contributed by atoms with Crippen molar-refractivity contribution in [2.45, 2.75) is 33.1 Å². The Kier molecular flexibility index (Phi) is 5.99. The van der Waals surface area contributed by atoms with E-state index in [0.717, 1.165) is 21.4 Å². The highest BCUT2D eigenvalue weighted by atomic mass is 79.9. The van der Waals surface area contributed by atoms with Crippen molar-refractivity contribution in [2.24, 2.45) is 5.92 Å². The zero-order valence-corrected chi connectivity index (χ0v) is 15.2. The SMILES string of the molecule is CCOC(=O)C1CCC(=O)C(Cc2cc(OC)ccc2Br)=C1C. The summed E-state index contributed by atoms with van der Waals surface area (Å²) < 4.78 is 11.3. The first kappa shape index (κ1) is 17.7. The molecule has 0 N–H and O–H groups in total. The van der Waals surface area contributed by atoms with Crippen LogP contribution >= 0.6 is 15.9 Å². The molecule has 1 atom stereocenters. The lowest BCUT2D eigenvalue weighted by molar-refractivity contribution is -0.147. The van der Waals surface area contributed by atoms with Crippen LogP contribution in [0.5, 0.6) is 5.75 Å². The average molecular weight is 381 g/mol. The topological polar surface area (TPSA) is 52.6 Å². The zero-order valence-electron chi connectivity index (χ0n) is 13.6. The van der Waals surface area contributed by atoms with Gasteiger partial charge < -0.3 is 9.47 Å². The van der Waals surface area contributed by atoms with Crippen LogP contribution in [0.25, 0.3) is 0 Å². The lowest BCUT2D eigenvalue weighted by Gasteiger charge is -2.24. The summed E-state index contributed by atoms with van der Waals surface area (Å²) in [6, 6.07) is 5.67. The quantitative estimate of drug-likeness (QED) is 0.727. The molecule has 0 radical (unpaired) electrons. The number of ether oxygens (including phenoxy) is 2. The van der Waals surface area contributed by atoms with Gasteiger partial charge in [-0.1, -0.05) is 21.5 Å². The molecule has 0 spiro atoms. The molecule has 0 fully saturated rings. The minimum Gasteiger partial charge on any atom is -0.497 e. The maximum Gasteiger partial charge on any atom is 0.313 e. The van der Waals surface area contributed by atoms with E-state index in [4.69, 9.17) is 9.47 Å². The van der Waals surface area contributed by atoms with E-state index in [2.05, 4.69) is 15.9 Å². The molecule has 0 amide bonds. The second-order valence-corrected chi connectivity index (χ2v) is 6.42. The molecule has 4 nitrogen and oxygen atoms in total. The molecular formula is C18H21BrO4. The molecule has 23 heavy (non-hydrogen) atoms. The van der Waals surface area contributed by atoms with Gasteiger partial charge in [0.05, 0.1) is 19.6 Å². The standard InChI is InChI=1S/C18H21BrO4/c1-4-23-18(21)14-6-8-17(20)15(11(14)2)10-12-9-13(22-3)5-7-16(12)19/h5,7,9,14H,4,6,8,10H2,1-3H3. The van der Waals surface area contributed by atoms with Crippen molar-refractivity contribution < 1.29 is 19.1 Å². The number of halogens is 1. The molecule has 1 aromatic carbocycles. The van der Waals surface area contributed by atoms with Crippen LogP contribution in [-0.2, 0) is 20.7 Å². The summed E-state index contributed by atoms with van der Waals surface area (Å²) in [6.45, 7) is 4.01.